The number of hydrogen-bond acceptors (Lipinski definition) is 4. The molecule has 0 saturated heterocycles. The second-order valence-electron chi connectivity index (χ2n) is 3.57. The number of carboxylic acid groups (broad SMARTS) is 1. The lowest BCUT2D eigenvalue weighted by Crippen LogP contribution is -2.12. The lowest BCUT2D eigenvalue weighted by atomic mass is 9.98. The second kappa shape index (κ2) is 6.28. The summed E-state index contributed by atoms with van der Waals surface area (Å²) in [4.78, 5) is 33.1. The van der Waals surface area contributed by atoms with Crippen molar-refractivity contribution in [1.29, 1.82) is 0 Å². The molecule has 1 aromatic carbocycles. The van der Waals surface area contributed by atoms with E-state index < -0.39 is 12.1 Å². The lowest BCUT2D eigenvalue weighted by Gasteiger charge is -2.09. The smallest absolute Gasteiger partial charge is 0.337 e. The number of alkyl halides is 1. The number of carboxylic acids is 1. The standard InChI is InChI=1S/C12H11ClO5/c13-4-3-10(15)9-2-1-7(5-8(9)6-14)11(16)12(17)18/h1-2,5-6,11,16H,3-4H2,(H,17,18). The maximum atomic E-state index is 11.6. The van der Waals surface area contributed by atoms with Crippen LogP contribution in [0.1, 0.15) is 38.8 Å². The molecule has 18 heavy (non-hydrogen) atoms. The number of aldehydes is 1. The van der Waals surface area contributed by atoms with Crippen molar-refractivity contribution in [2.45, 2.75) is 12.5 Å². The molecule has 0 amide bonds. The van der Waals surface area contributed by atoms with Crippen LogP contribution in [0.5, 0.6) is 0 Å². The average molecular weight is 271 g/mol. The molecular formula is C12H11ClO5. The summed E-state index contributed by atoms with van der Waals surface area (Å²) in [5.41, 5.74) is 0.266. The molecule has 0 bridgehead atoms. The second-order valence-corrected chi connectivity index (χ2v) is 3.95. The Morgan fingerprint density at radius 2 is 2.06 bits per heavy atom. The predicted molar refractivity (Wildman–Crippen MR) is 64.1 cm³/mol. The van der Waals surface area contributed by atoms with Gasteiger partial charge in [0, 0.05) is 23.4 Å². The molecule has 0 saturated carbocycles. The van der Waals surface area contributed by atoms with E-state index in [1.165, 1.54) is 18.2 Å². The van der Waals surface area contributed by atoms with Crippen molar-refractivity contribution in [3.05, 3.63) is 34.9 Å². The first-order valence-electron chi connectivity index (χ1n) is 5.10. The number of aliphatic hydroxyl groups excluding tert-OH is 1. The van der Waals surface area contributed by atoms with Gasteiger partial charge < -0.3 is 10.2 Å². The van der Waals surface area contributed by atoms with Gasteiger partial charge in [0.05, 0.1) is 0 Å². The number of rotatable bonds is 6. The van der Waals surface area contributed by atoms with Crippen LogP contribution in [0.25, 0.3) is 0 Å². The summed E-state index contributed by atoms with van der Waals surface area (Å²) in [5.74, 6) is -1.59. The molecule has 0 aromatic heterocycles. The highest BCUT2D eigenvalue weighted by atomic mass is 35.5. The summed E-state index contributed by atoms with van der Waals surface area (Å²) in [6.45, 7) is 0. The van der Waals surface area contributed by atoms with Gasteiger partial charge in [0.25, 0.3) is 0 Å². The first-order valence-corrected chi connectivity index (χ1v) is 5.64. The maximum absolute atomic E-state index is 11.6. The van der Waals surface area contributed by atoms with Crippen LogP contribution in [0.2, 0.25) is 0 Å². The minimum atomic E-state index is -1.72. The number of Topliss-reactive ketones (excluding diaryl/α,β-unsaturated/α-hetero) is 1. The highest BCUT2D eigenvalue weighted by molar-refractivity contribution is 6.20. The summed E-state index contributed by atoms with van der Waals surface area (Å²) < 4.78 is 0. The van der Waals surface area contributed by atoms with Gasteiger partial charge in [-0.2, -0.15) is 0 Å². The van der Waals surface area contributed by atoms with Crippen LogP contribution >= 0.6 is 11.6 Å². The quantitative estimate of drug-likeness (QED) is 0.463. The third-order valence-electron chi connectivity index (χ3n) is 2.37. The Morgan fingerprint density at radius 3 is 2.56 bits per heavy atom. The molecule has 0 spiro atoms. The van der Waals surface area contributed by atoms with E-state index in [4.69, 9.17) is 16.7 Å². The lowest BCUT2D eigenvalue weighted by molar-refractivity contribution is -0.146. The largest absolute Gasteiger partial charge is 0.479 e. The number of benzene rings is 1. The molecule has 6 heteroatoms. The van der Waals surface area contributed by atoms with Crippen molar-refractivity contribution >= 4 is 29.6 Å². The number of aliphatic carboxylic acids is 1. The van der Waals surface area contributed by atoms with Crippen molar-refractivity contribution < 1.29 is 24.6 Å². The summed E-state index contributed by atoms with van der Waals surface area (Å²) in [6, 6.07) is 3.81. The van der Waals surface area contributed by atoms with Crippen LogP contribution in [0.15, 0.2) is 18.2 Å². The third-order valence-corrected chi connectivity index (χ3v) is 2.56. The van der Waals surface area contributed by atoms with Gasteiger partial charge in [-0.05, 0) is 11.6 Å². The summed E-state index contributed by atoms with van der Waals surface area (Å²) in [6.07, 6.45) is -1.19. The Hall–Kier alpha value is -1.72. The third kappa shape index (κ3) is 3.15. The highest BCUT2D eigenvalue weighted by Crippen LogP contribution is 2.18. The topological polar surface area (TPSA) is 91.7 Å². The fourth-order valence-corrected chi connectivity index (χ4v) is 1.64. The Kier molecular flexibility index (Phi) is 5.00. The Labute approximate surface area is 108 Å². The van der Waals surface area contributed by atoms with E-state index in [0.717, 1.165) is 0 Å². The molecule has 1 unspecified atom stereocenters. The van der Waals surface area contributed by atoms with E-state index in [2.05, 4.69) is 0 Å². The minimum Gasteiger partial charge on any atom is -0.479 e. The van der Waals surface area contributed by atoms with Gasteiger partial charge in [0.1, 0.15) is 0 Å². The van der Waals surface area contributed by atoms with Gasteiger partial charge >= 0.3 is 5.97 Å². The molecule has 0 fully saturated rings. The van der Waals surface area contributed by atoms with Crippen molar-refractivity contribution in [2.75, 3.05) is 5.88 Å². The zero-order valence-corrected chi connectivity index (χ0v) is 10.1. The van der Waals surface area contributed by atoms with Crippen LogP contribution in [-0.2, 0) is 4.79 Å². The summed E-state index contributed by atoms with van der Waals surface area (Å²) in [7, 11) is 0. The number of hydrogen-bond donors (Lipinski definition) is 2. The molecule has 0 aliphatic rings. The molecular weight excluding hydrogens is 260 g/mol. The van der Waals surface area contributed by atoms with Crippen LogP contribution in [-0.4, -0.2) is 34.1 Å². The van der Waals surface area contributed by atoms with Gasteiger partial charge in [0.15, 0.2) is 18.2 Å². The van der Waals surface area contributed by atoms with E-state index in [0.29, 0.717) is 6.29 Å². The predicted octanol–water partition coefficient (Wildman–Crippen LogP) is 1.43. The normalized spacial score (nSPS) is 11.9. The van der Waals surface area contributed by atoms with Gasteiger partial charge in [-0.3, -0.25) is 9.59 Å². The van der Waals surface area contributed by atoms with E-state index in [-0.39, 0.29) is 34.8 Å². The molecule has 1 rings (SSSR count). The molecule has 96 valence electrons. The molecule has 0 aliphatic carbocycles. The van der Waals surface area contributed by atoms with Crippen LogP contribution in [0.4, 0.5) is 0 Å². The monoisotopic (exact) mass is 270 g/mol. The first-order chi connectivity index (χ1) is 8.51. The van der Waals surface area contributed by atoms with Crippen molar-refractivity contribution in [2.24, 2.45) is 0 Å². The van der Waals surface area contributed by atoms with Crippen molar-refractivity contribution in [1.82, 2.24) is 0 Å². The van der Waals surface area contributed by atoms with Gasteiger partial charge in [-0.25, -0.2) is 4.79 Å². The van der Waals surface area contributed by atoms with Gasteiger partial charge in [0.2, 0.25) is 0 Å². The van der Waals surface area contributed by atoms with Crippen molar-refractivity contribution in [3.63, 3.8) is 0 Å². The van der Waals surface area contributed by atoms with E-state index >= 15 is 0 Å². The SMILES string of the molecule is O=Cc1cc(C(O)C(=O)O)ccc1C(=O)CCCl. The Morgan fingerprint density at radius 1 is 1.39 bits per heavy atom. The number of carbonyl (C=O) groups excluding carboxylic acids is 2. The zero-order valence-electron chi connectivity index (χ0n) is 9.30. The van der Waals surface area contributed by atoms with E-state index in [9.17, 15) is 19.5 Å². The fraction of sp³-hybridized carbons (Fsp3) is 0.250. The number of aliphatic hydroxyl groups is 1. The molecule has 1 aromatic rings. The highest BCUT2D eigenvalue weighted by Gasteiger charge is 2.18. The van der Waals surface area contributed by atoms with Gasteiger partial charge in [-0.15, -0.1) is 11.6 Å². The van der Waals surface area contributed by atoms with Crippen LogP contribution < -0.4 is 0 Å². The van der Waals surface area contributed by atoms with Crippen LogP contribution in [0, 0.1) is 0 Å². The van der Waals surface area contributed by atoms with Crippen molar-refractivity contribution in [3.8, 4) is 0 Å². The first kappa shape index (κ1) is 14.3. The molecule has 1 atom stereocenters. The number of ketones is 1. The van der Waals surface area contributed by atoms with Crippen LogP contribution in [0.3, 0.4) is 0 Å². The molecule has 0 aliphatic heterocycles. The summed E-state index contributed by atoms with van der Waals surface area (Å²) >= 11 is 5.44. The Bertz CT molecular complexity index is 483. The molecule has 2 N–H and O–H groups in total. The summed E-state index contributed by atoms with van der Waals surface area (Å²) in [5, 5.41) is 18.0. The number of halogens is 1. The molecule has 5 nitrogen and oxygen atoms in total. The Balaban J connectivity index is 3.15. The minimum absolute atomic E-state index is 0.0444. The molecule has 0 heterocycles. The maximum Gasteiger partial charge on any atom is 0.337 e. The average Bonchev–Trinajstić information content (AvgIpc) is 2.37. The van der Waals surface area contributed by atoms with Gasteiger partial charge in [-0.1, -0.05) is 12.1 Å². The zero-order chi connectivity index (χ0) is 13.7. The van der Waals surface area contributed by atoms with E-state index in [1.54, 1.807) is 0 Å². The number of carbonyl (C=O) groups is 3. The molecule has 0 radical (unpaired) electrons. The fourth-order valence-electron chi connectivity index (χ4n) is 1.47. The van der Waals surface area contributed by atoms with E-state index in [1.807, 2.05) is 0 Å².